The molecule has 0 spiro atoms. The number of rotatable bonds is 3. The number of hydrogen-bond acceptors (Lipinski definition) is 3. The fourth-order valence-electron chi connectivity index (χ4n) is 4.30. The zero-order valence-corrected chi connectivity index (χ0v) is 11.9. The Morgan fingerprint density at radius 1 is 1.26 bits per heavy atom. The van der Waals surface area contributed by atoms with E-state index in [4.69, 9.17) is 10.5 Å². The van der Waals surface area contributed by atoms with Crippen LogP contribution >= 0.6 is 0 Å². The summed E-state index contributed by atoms with van der Waals surface area (Å²) in [5.74, 6) is 1.47. The Kier molecular flexibility index (Phi) is 3.81. The summed E-state index contributed by atoms with van der Waals surface area (Å²) in [6, 6.07) is 0.0981. The normalized spacial score (nSPS) is 41.5. The SMILES string of the molecule is CN(C[C@@H]1CCCCO1)C(=O)[C@H]1[C@H]2CC[C@@H](C2)[C@H]1N. The number of fused-ring (bicyclic) bond motifs is 2. The van der Waals surface area contributed by atoms with Crippen LogP contribution in [0.15, 0.2) is 0 Å². The second kappa shape index (κ2) is 5.41. The van der Waals surface area contributed by atoms with Crippen molar-refractivity contribution in [3.63, 3.8) is 0 Å². The van der Waals surface area contributed by atoms with Gasteiger partial charge < -0.3 is 15.4 Å². The minimum atomic E-state index is 0.0762. The van der Waals surface area contributed by atoms with Gasteiger partial charge in [-0.05, 0) is 50.4 Å². The van der Waals surface area contributed by atoms with Crippen LogP contribution in [0.4, 0.5) is 0 Å². The molecule has 1 amide bonds. The van der Waals surface area contributed by atoms with Crippen molar-refractivity contribution in [2.45, 2.75) is 50.7 Å². The molecule has 5 atom stereocenters. The molecule has 3 aliphatic rings. The molecule has 2 saturated carbocycles. The summed E-state index contributed by atoms with van der Waals surface area (Å²) in [6.07, 6.45) is 7.29. The molecule has 2 bridgehead atoms. The molecule has 0 radical (unpaired) electrons. The highest BCUT2D eigenvalue weighted by Crippen LogP contribution is 2.48. The van der Waals surface area contributed by atoms with Crippen LogP contribution in [-0.4, -0.2) is 43.2 Å². The lowest BCUT2D eigenvalue weighted by Crippen LogP contribution is -2.48. The summed E-state index contributed by atoms with van der Waals surface area (Å²) in [7, 11) is 1.92. The molecule has 0 aromatic rings. The van der Waals surface area contributed by atoms with Crippen molar-refractivity contribution in [1.82, 2.24) is 4.90 Å². The topological polar surface area (TPSA) is 55.6 Å². The standard InChI is InChI=1S/C15H26N2O2/c1-17(9-12-4-2-3-7-19-12)15(18)13-10-5-6-11(8-10)14(13)16/h10-14H,2-9,16H2,1H3/t10-,11-,12-,13-,14+/m0/s1. The second-order valence-corrected chi connectivity index (χ2v) is 6.64. The van der Waals surface area contributed by atoms with E-state index < -0.39 is 0 Å². The Morgan fingerprint density at radius 2 is 2.05 bits per heavy atom. The number of carbonyl (C=O) groups is 1. The van der Waals surface area contributed by atoms with Crippen molar-refractivity contribution in [3.05, 3.63) is 0 Å². The predicted octanol–water partition coefficient (Wildman–Crippen LogP) is 1.39. The van der Waals surface area contributed by atoms with Gasteiger partial charge in [0.05, 0.1) is 12.0 Å². The van der Waals surface area contributed by atoms with Gasteiger partial charge in [-0.1, -0.05) is 0 Å². The highest BCUT2D eigenvalue weighted by Gasteiger charge is 2.49. The fourth-order valence-corrected chi connectivity index (χ4v) is 4.30. The van der Waals surface area contributed by atoms with Gasteiger partial charge in [0.15, 0.2) is 0 Å². The van der Waals surface area contributed by atoms with E-state index in [0.717, 1.165) is 26.0 Å². The molecular weight excluding hydrogens is 240 g/mol. The summed E-state index contributed by atoms with van der Waals surface area (Å²) in [5.41, 5.74) is 6.26. The van der Waals surface area contributed by atoms with Crippen LogP contribution in [0.3, 0.4) is 0 Å². The zero-order chi connectivity index (χ0) is 13.4. The average Bonchev–Trinajstić information content (AvgIpc) is 3.00. The quantitative estimate of drug-likeness (QED) is 0.840. The highest BCUT2D eigenvalue weighted by atomic mass is 16.5. The number of amides is 1. The maximum absolute atomic E-state index is 12.6. The molecule has 0 unspecified atom stereocenters. The monoisotopic (exact) mass is 266 g/mol. The van der Waals surface area contributed by atoms with E-state index in [1.54, 1.807) is 0 Å². The van der Waals surface area contributed by atoms with Gasteiger partial charge >= 0.3 is 0 Å². The van der Waals surface area contributed by atoms with Crippen LogP contribution < -0.4 is 5.73 Å². The number of hydrogen-bond donors (Lipinski definition) is 1. The van der Waals surface area contributed by atoms with Crippen molar-refractivity contribution < 1.29 is 9.53 Å². The van der Waals surface area contributed by atoms with Crippen molar-refractivity contribution in [2.24, 2.45) is 23.5 Å². The first-order valence-corrected chi connectivity index (χ1v) is 7.79. The van der Waals surface area contributed by atoms with Crippen LogP contribution in [0.2, 0.25) is 0 Å². The molecule has 2 N–H and O–H groups in total. The van der Waals surface area contributed by atoms with Gasteiger partial charge in [0.2, 0.25) is 5.91 Å². The number of likely N-dealkylation sites (N-methyl/N-ethyl adjacent to an activating group) is 1. The zero-order valence-electron chi connectivity index (χ0n) is 11.9. The third-order valence-electron chi connectivity index (χ3n) is 5.39. The van der Waals surface area contributed by atoms with Gasteiger partial charge in [-0.2, -0.15) is 0 Å². The minimum Gasteiger partial charge on any atom is -0.376 e. The largest absolute Gasteiger partial charge is 0.376 e. The lowest BCUT2D eigenvalue weighted by Gasteiger charge is -2.33. The summed E-state index contributed by atoms with van der Waals surface area (Å²) >= 11 is 0. The first kappa shape index (κ1) is 13.4. The molecule has 4 nitrogen and oxygen atoms in total. The molecule has 1 saturated heterocycles. The molecule has 19 heavy (non-hydrogen) atoms. The Hall–Kier alpha value is -0.610. The van der Waals surface area contributed by atoms with Gasteiger partial charge in [-0.3, -0.25) is 4.79 Å². The van der Waals surface area contributed by atoms with Gasteiger partial charge in [0.25, 0.3) is 0 Å². The van der Waals surface area contributed by atoms with Crippen molar-refractivity contribution in [3.8, 4) is 0 Å². The summed E-state index contributed by atoms with van der Waals surface area (Å²) in [5, 5.41) is 0. The number of carbonyl (C=O) groups excluding carboxylic acids is 1. The van der Waals surface area contributed by atoms with Crippen LogP contribution in [0.1, 0.15) is 38.5 Å². The van der Waals surface area contributed by atoms with E-state index in [2.05, 4.69) is 0 Å². The van der Waals surface area contributed by atoms with Crippen LogP contribution in [-0.2, 0) is 9.53 Å². The Balaban J connectivity index is 1.57. The first-order chi connectivity index (χ1) is 9.16. The molecule has 108 valence electrons. The Morgan fingerprint density at radius 3 is 2.68 bits per heavy atom. The summed E-state index contributed by atoms with van der Waals surface area (Å²) < 4.78 is 5.73. The number of nitrogens with two attached hydrogens (primary N) is 1. The summed E-state index contributed by atoms with van der Waals surface area (Å²) in [4.78, 5) is 14.5. The van der Waals surface area contributed by atoms with Crippen molar-refractivity contribution in [2.75, 3.05) is 20.2 Å². The molecule has 4 heteroatoms. The van der Waals surface area contributed by atoms with E-state index >= 15 is 0 Å². The third-order valence-corrected chi connectivity index (χ3v) is 5.39. The van der Waals surface area contributed by atoms with Gasteiger partial charge in [0.1, 0.15) is 0 Å². The second-order valence-electron chi connectivity index (χ2n) is 6.64. The number of ether oxygens (including phenoxy) is 1. The van der Waals surface area contributed by atoms with E-state index in [-0.39, 0.29) is 24.0 Å². The van der Waals surface area contributed by atoms with Crippen LogP contribution in [0.5, 0.6) is 0 Å². The molecule has 1 heterocycles. The Labute approximate surface area is 115 Å². The Bertz CT molecular complexity index is 339. The third kappa shape index (κ3) is 2.52. The van der Waals surface area contributed by atoms with Crippen LogP contribution in [0, 0.1) is 17.8 Å². The van der Waals surface area contributed by atoms with Gasteiger partial charge in [0, 0.05) is 26.2 Å². The smallest absolute Gasteiger partial charge is 0.227 e. The molecule has 1 aliphatic heterocycles. The lowest BCUT2D eigenvalue weighted by molar-refractivity contribution is -0.138. The fraction of sp³-hybridized carbons (Fsp3) is 0.933. The molecule has 0 aromatic carbocycles. The predicted molar refractivity (Wildman–Crippen MR) is 73.5 cm³/mol. The molecule has 3 fully saturated rings. The van der Waals surface area contributed by atoms with Crippen LogP contribution in [0.25, 0.3) is 0 Å². The first-order valence-electron chi connectivity index (χ1n) is 7.79. The molecule has 0 aromatic heterocycles. The average molecular weight is 266 g/mol. The van der Waals surface area contributed by atoms with Gasteiger partial charge in [-0.15, -0.1) is 0 Å². The lowest BCUT2D eigenvalue weighted by atomic mass is 9.84. The minimum absolute atomic E-state index is 0.0762. The maximum atomic E-state index is 12.6. The number of nitrogens with zero attached hydrogens (tertiary/aromatic N) is 1. The van der Waals surface area contributed by atoms with E-state index in [1.165, 1.54) is 25.7 Å². The highest BCUT2D eigenvalue weighted by molar-refractivity contribution is 5.80. The molecular formula is C15H26N2O2. The molecule has 3 rings (SSSR count). The maximum Gasteiger partial charge on any atom is 0.227 e. The van der Waals surface area contributed by atoms with Gasteiger partial charge in [-0.25, -0.2) is 0 Å². The summed E-state index contributed by atoms with van der Waals surface area (Å²) in [6.45, 7) is 1.58. The van der Waals surface area contributed by atoms with Crippen molar-refractivity contribution >= 4 is 5.91 Å². The van der Waals surface area contributed by atoms with E-state index in [9.17, 15) is 4.79 Å². The van der Waals surface area contributed by atoms with E-state index in [0.29, 0.717) is 11.8 Å². The van der Waals surface area contributed by atoms with E-state index in [1.807, 2.05) is 11.9 Å². The van der Waals surface area contributed by atoms with Crippen molar-refractivity contribution in [1.29, 1.82) is 0 Å². The molecule has 2 aliphatic carbocycles.